The Balaban J connectivity index is 1.81. The van der Waals surface area contributed by atoms with E-state index in [0.29, 0.717) is 24.7 Å². The minimum atomic E-state index is -0.237. The van der Waals surface area contributed by atoms with Gasteiger partial charge in [0.15, 0.2) is 0 Å². The van der Waals surface area contributed by atoms with Crippen molar-refractivity contribution < 1.29 is 9.53 Å². The second-order valence-corrected chi connectivity index (χ2v) is 7.25. The number of ether oxygens (including phenoxy) is 1. The molecule has 0 radical (unpaired) electrons. The van der Waals surface area contributed by atoms with Gasteiger partial charge in [-0.15, -0.1) is 0 Å². The van der Waals surface area contributed by atoms with Crippen LogP contribution in [0.3, 0.4) is 0 Å². The van der Waals surface area contributed by atoms with Crippen LogP contribution in [0.15, 0.2) is 48.5 Å². The largest absolute Gasteiger partial charge is 0.450 e. The van der Waals surface area contributed by atoms with Crippen LogP contribution >= 0.6 is 11.6 Å². The zero-order valence-electron chi connectivity index (χ0n) is 16.3. The zero-order valence-corrected chi connectivity index (χ0v) is 17.1. The Morgan fingerprint density at radius 2 is 1.89 bits per heavy atom. The van der Waals surface area contributed by atoms with E-state index < -0.39 is 0 Å². The lowest BCUT2D eigenvalue weighted by Crippen LogP contribution is -2.49. The number of nitrogens with zero attached hydrogens (tertiary/aromatic N) is 2. The third-order valence-electron chi connectivity index (χ3n) is 4.74. The predicted molar refractivity (Wildman–Crippen MR) is 112 cm³/mol. The monoisotopic (exact) mass is 396 g/mol. The van der Waals surface area contributed by atoms with E-state index in [9.17, 15) is 4.79 Å². The molecular formula is C23H25ClN2O2. The van der Waals surface area contributed by atoms with E-state index in [-0.39, 0.29) is 12.1 Å². The molecule has 0 aliphatic carbocycles. The van der Waals surface area contributed by atoms with E-state index in [1.165, 1.54) is 11.1 Å². The molecule has 0 spiro atoms. The van der Waals surface area contributed by atoms with Gasteiger partial charge in [0.2, 0.25) is 0 Å². The Morgan fingerprint density at radius 3 is 2.57 bits per heavy atom. The highest BCUT2D eigenvalue weighted by molar-refractivity contribution is 6.30. The van der Waals surface area contributed by atoms with Crippen molar-refractivity contribution in [2.24, 2.45) is 0 Å². The second kappa shape index (κ2) is 9.64. The first-order chi connectivity index (χ1) is 13.6. The van der Waals surface area contributed by atoms with Crippen LogP contribution in [0.5, 0.6) is 0 Å². The molecule has 28 heavy (non-hydrogen) atoms. The summed E-state index contributed by atoms with van der Waals surface area (Å²) in [5, 5.41) is 0.682. The van der Waals surface area contributed by atoms with Crippen molar-refractivity contribution in [1.29, 1.82) is 0 Å². The number of hydrogen-bond acceptors (Lipinski definition) is 3. The lowest BCUT2D eigenvalue weighted by atomic mass is 10.0. The molecule has 1 unspecified atom stereocenters. The maximum absolute atomic E-state index is 12.0. The Bertz CT molecular complexity index is 879. The van der Waals surface area contributed by atoms with Crippen molar-refractivity contribution in [3.8, 4) is 11.8 Å². The van der Waals surface area contributed by atoms with Crippen LogP contribution in [-0.4, -0.2) is 48.7 Å². The normalized spacial score (nSPS) is 15.5. The quantitative estimate of drug-likeness (QED) is 0.715. The van der Waals surface area contributed by atoms with Crippen LogP contribution in [0.4, 0.5) is 4.79 Å². The van der Waals surface area contributed by atoms with Crippen LogP contribution in [-0.2, 0) is 4.74 Å². The van der Waals surface area contributed by atoms with Gasteiger partial charge in [-0.1, -0.05) is 59.3 Å². The Hall–Kier alpha value is -2.48. The van der Waals surface area contributed by atoms with E-state index in [0.717, 1.165) is 18.7 Å². The number of benzene rings is 2. The molecule has 2 aromatic carbocycles. The molecule has 0 aromatic heterocycles. The van der Waals surface area contributed by atoms with Crippen LogP contribution in [0.25, 0.3) is 0 Å². The minimum absolute atomic E-state index is 0.0387. The fourth-order valence-electron chi connectivity index (χ4n) is 3.32. The smallest absolute Gasteiger partial charge is 0.409 e. The average molecular weight is 397 g/mol. The summed E-state index contributed by atoms with van der Waals surface area (Å²) in [4.78, 5) is 16.1. The summed E-state index contributed by atoms with van der Waals surface area (Å²) in [6.45, 7) is 7.09. The first-order valence-corrected chi connectivity index (χ1v) is 9.94. The van der Waals surface area contributed by atoms with Gasteiger partial charge < -0.3 is 9.64 Å². The number of carbonyl (C=O) groups excluding carboxylic acids is 1. The first kappa shape index (κ1) is 20.3. The summed E-state index contributed by atoms with van der Waals surface area (Å²) in [5.74, 6) is 6.70. The van der Waals surface area contributed by atoms with E-state index in [1.54, 1.807) is 4.90 Å². The molecule has 4 nitrogen and oxygen atoms in total. The van der Waals surface area contributed by atoms with Crippen molar-refractivity contribution in [3.63, 3.8) is 0 Å². The van der Waals surface area contributed by atoms with E-state index in [1.807, 2.05) is 31.2 Å². The average Bonchev–Trinajstić information content (AvgIpc) is 2.69. The number of halogens is 1. The summed E-state index contributed by atoms with van der Waals surface area (Å²) >= 11 is 6.09. The maximum atomic E-state index is 12.0. The number of piperazine rings is 1. The van der Waals surface area contributed by atoms with Gasteiger partial charge in [0.05, 0.1) is 12.6 Å². The number of hydrogen-bond donors (Lipinski definition) is 0. The van der Waals surface area contributed by atoms with Crippen LogP contribution in [0.1, 0.15) is 29.7 Å². The van der Waals surface area contributed by atoms with E-state index in [2.05, 4.69) is 47.9 Å². The molecule has 1 aliphatic rings. The van der Waals surface area contributed by atoms with Crippen LogP contribution in [0, 0.1) is 18.8 Å². The summed E-state index contributed by atoms with van der Waals surface area (Å²) in [5.41, 5.74) is 3.27. The predicted octanol–water partition coefficient (Wildman–Crippen LogP) is 4.52. The first-order valence-electron chi connectivity index (χ1n) is 9.56. The lowest BCUT2D eigenvalue weighted by Gasteiger charge is -2.37. The minimum Gasteiger partial charge on any atom is -0.450 e. The van der Waals surface area contributed by atoms with Gasteiger partial charge in [-0.05, 0) is 37.6 Å². The molecule has 2 aromatic rings. The van der Waals surface area contributed by atoms with Crippen molar-refractivity contribution in [2.75, 3.05) is 32.8 Å². The van der Waals surface area contributed by atoms with E-state index >= 15 is 0 Å². The lowest BCUT2D eigenvalue weighted by molar-refractivity contribution is 0.0735. The number of aryl methyl sites for hydroxylation is 1. The molecule has 1 amide bonds. The molecule has 3 rings (SSSR count). The molecule has 0 bridgehead atoms. The fraction of sp³-hybridized carbons (Fsp3) is 0.348. The van der Waals surface area contributed by atoms with Gasteiger partial charge in [0, 0.05) is 36.8 Å². The Kier molecular flexibility index (Phi) is 6.97. The van der Waals surface area contributed by atoms with Gasteiger partial charge in [-0.25, -0.2) is 4.79 Å². The van der Waals surface area contributed by atoms with Gasteiger partial charge >= 0.3 is 6.09 Å². The summed E-state index contributed by atoms with van der Waals surface area (Å²) < 4.78 is 5.12. The molecule has 5 heteroatoms. The highest BCUT2D eigenvalue weighted by Gasteiger charge is 2.26. The van der Waals surface area contributed by atoms with Gasteiger partial charge in [-0.2, -0.15) is 0 Å². The molecule has 0 saturated carbocycles. The molecule has 146 valence electrons. The number of rotatable bonds is 3. The van der Waals surface area contributed by atoms with Crippen LogP contribution in [0.2, 0.25) is 5.02 Å². The summed E-state index contributed by atoms with van der Waals surface area (Å²) in [6.07, 6.45) is -0.237. The molecule has 1 heterocycles. The third-order valence-corrected chi connectivity index (χ3v) is 4.98. The van der Waals surface area contributed by atoms with Crippen molar-refractivity contribution in [1.82, 2.24) is 9.80 Å². The molecule has 0 N–H and O–H groups in total. The van der Waals surface area contributed by atoms with Crippen molar-refractivity contribution >= 4 is 17.7 Å². The van der Waals surface area contributed by atoms with Crippen LogP contribution < -0.4 is 0 Å². The van der Waals surface area contributed by atoms with Gasteiger partial charge in [0.25, 0.3) is 0 Å². The van der Waals surface area contributed by atoms with Crippen molar-refractivity contribution in [2.45, 2.75) is 19.9 Å². The molecule has 1 aliphatic heterocycles. The summed E-state index contributed by atoms with van der Waals surface area (Å²) in [6, 6.07) is 16.0. The molecule has 1 fully saturated rings. The second-order valence-electron chi connectivity index (χ2n) is 6.82. The Morgan fingerprint density at radius 1 is 1.14 bits per heavy atom. The third kappa shape index (κ3) is 5.28. The van der Waals surface area contributed by atoms with Crippen molar-refractivity contribution in [3.05, 3.63) is 70.2 Å². The standard InChI is InChI=1S/C23H25ClN2O2/c1-3-28-23(27)26-14-12-25(13-15-26)22(20-8-4-6-18(2)16-20)11-10-19-7-5-9-21(24)17-19/h4-9,16-17,22H,3,12-15H2,1-2H3. The SMILES string of the molecule is CCOC(=O)N1CCN(C(C#Cc2cccc(Cl)c2)c2cccc(C)c2)CC1. The maximum Gasteiger partial charge on any atom is 0.409 e. The topological polar surface area (TPSA) is 32.8 Å². The van der Waals surface area contributed by atoms with E-state index in [4.69, 9.17) is 16.3 Å². The molecule has 1 atom stereocenters. The zero-order chi connectivity index (χ0) is 19.9. The molecular weight excluding hydrogens is 372 g/mol. The Labute approximate surface area is 172 Å². The van der Waals surface area contributed by atoms with Gasteiger partial charge in [-0.3, -0.25) is 4.90 Å². The highest BCUT2D eigenvalue weighted by Crippen LogP contribution is 2.23. The van der Waals surface area contributed by atoms with Gasteiger partial charge in [0.1, 0.15) is 0 Å². The number of carbonyl (C=O) groups is 1. The fourth-order valence-corrected chi connectivity index (χ4v) is 3.51. The highest BCUT2D eigenvalue weighted by atomic mass is 35.5. The number of amides is 1. The summed E-state index contributed by atoms with van der Waals surface area (Å²) in [7, 11) is 0. The molecule has 1 saturated heterocycles.